The molecule has 0 fully saturated rings. The summed E-state index contributed by atoms with van der Waals surface area (Å²) in [4.78, 5) is 8.06. The van der Waals surface area contributed by atoms with E-state index in [0.29, 0.717) is 19.8 Å². The van der Waals surface area contributed by atoms with Gasteiger partial charge in [-0.15, -0.1) is 0 Å². The molecule has 6 heteroatoms. The van der Waals surface area contributed by atoms with E-state index in [1.54, 1.807) is 0 Å². The number of benzene rings is 4. The Bertz CT molecular complexity index is 1460. The molecule has 4 aromatic rings. The van der Waals surface area contributed by atoms with Crippen molar-refractivity contribution in [1.82, 2.24) is 0 Å². The largest absolute Gasteiger partial charge is 0.348 e. The van der Waals surface area contributed by atoms with E-state index in [0.717, 1.165) is 53.2 Å². The van der Waals surface area contributed by atoms with Crippen LogP contribution in [0, 0.1) is 27.7 Å². The Morgan fingerprint density at radius 1 is 0.541 bits per heavy atom. The van der Waals surface area contributed by atoms with Gasteiger partial charge in [-0.2, -0.15) is 0 Å². The number of hydrogen-bond donors (Lipinski definition) is 0. The van der Waals surface area contributed by atoms with Gasteiger partial charge in [0.15, 0.2) is 0 Å². The maximum Gasteiger partial charge on any atom is 0.0910 e. The third kappa shape index (κ3) is 4.32. The molecule has 4 nitrogen and oxygen atoms in total. The molecule has 37 heavy (non-hydrogen) atoms. The zero-order valence-corrected chi connectivity index (χ0v) is 23.2. The Labute approximate surface area is 223 Å². The summed E-state index contributed by atoms with van der Waals surface area (Å²) in [5.74, 6) is 0. The fourth-order valence-corrected chi connectivity index (χ4v) is 8.20. The summed E-state index contributed by atoms with van der Waals surface area (Å²) in [5.41, 5.74) is 9.01. The van der Waals surface area contributed by atoms with Crippen LogP contribution in [0.1, 0.15) is 33.4 Å². The van der Waals surface area contributed by atoms with Crippen LogP contribution >= 0.6 is 0 Å². The third-order valence-corrected chi connectivity index (χ3v) is 9.98. The lowest BCUT2D eigenvalue weighted by molar-refractivity contribution is 0.632. The highest BCUT2D eigenvalue weighted by atomic mass is 32.2. The lowest BCUT2D eigenvalue weighted by Gasteiger charge is -2.46. The van der Waals surface area contributed by atoms with Crippen molar-refractivity contribution >= 4 is 33.0 Å². The van der Waals surface area contributed by atoms with Crippen LogP contribution in [0.4, 0.5) is 11.4 Å². The maximum absolute atomic E-state index is 13.8. The predicted molar refractivity (Wildman–Crippen MR) is 151 cm³/mol. The van der Waals surface area contributed by atoms with Crippen LogP contribution in [-0.4, -0.2) is 15.1 Å². The minimum absolute atomic E-state index is 0.683. The average molecular weight is 527 g/mol. The summed E-state index contributed by atoms with van der Waals surface area (Å²) < 4.78 is 27.6. The SMILES string of the molecule is Cc1ccc(S(=O)c2cc(C)cc3c2N2Cc4cc(C)cc(S(=O)c5ccc(C)cc5)c4N(C3)C2)cc1. The minimum Gasteiger partial charge on any atom is -0.348 e. The molecule has 2 atom stereocenters. The first kappa shape index (κ1) is 24.1. The summed E-state index contributed by atoms with van der Waals surface area (Å²) >= 11 is 0. The third-order valence-electron chi connectivity index (χ3n) is 7.16. The number of aryl methyl sites for hydroxylation is 4. The summed E-state index contributed by atoms with van der Waals surface area (Å²) in [5, 5.41) is 0. The fraction of sp³-hybridized carbons (Fsp3) is 0.226. The first-order chi connectivity index (χ1) is 17.8. The number of anilines is 2. The van der Waals surface area contributed by atoms with Crippen molar-refractivity contribution in [1.29, 1.82) is 0 Å². The van der Waals surface area contributed by atoms with Gasteiger partial charge in [-0.3, -0.25) is 0 Å². The highest BCUT2D eigenvalue weighted by Crippen LogP contribution is 2.45. The van der Waals surface area contributed by atoms with Crippen LogP contribution in [0.2, 0.25) is 0 Å². The van der Waals surface area contributed by atoms with E-state index in [1.807, 2.05) is 62.4 Å². The summed E-state index contributed by atoms with van der Waals surface area (Å²) in [6, 6.07) is 24.5. The Balaban J connectivity index is 1.44. The highest BCUT2D eigenvalue weighted by molar-refractivity contribution is 7.85. The number of rotatable bonds is 4. The molecule has 0 saturated carbocycles. The molecule has 0 amide bonds. The van der Waals surface area contributed by atoms with Crippen molar-refractivity contribution in [2.24, 2.45) is 0 Å². The van der Waals surface area contributed by atoms with Gasteiger partial charge >= 0.3 is 0 Å². The van der Waals surface area contributed by atoms with E-state index in [4.69, 9.17) is 0 Å². The van der Waals surface area contributed by atoms with Gasteiger partial charge in [0.25, 0.3) is 0 Å². The first-order valence-corrected chi connectivity index (χ1v) is 14.8. The summed E-state index contributed by atoms with van der Waals surface area (Å²) in [7, 11) is -2.55. The molecule has 0 radical (unpaired) electrons. The van der Waals surface area contributed by atoms with Crippen LogP contribution in [0.25, 0.3) is 0 Å². The zero-order chi connectivity index (χ0) is 25.8. The molecule has 2 heterocycles. The van der Waals surface area contributed by atoms with Gasteiger partial charge in [0.1, 0.15) is 0 Å². The lowest BCUT2D eigenvalue weighted by atomic mass is 9.99. The minimum atomic E-state index is -1.27. The van der Waals surface area contributed by atoms with Gasteiger partial charge in [-0.25, -0.2) is 8.42 Å². The average Bonchev–Trinajstić information content (AvgIpc) is 2.87. The Morgan fingerprint density at radius 3 is 1.30 bits per heavy atom. The Morgan fingerprint density at radius 2 is 0.919 bits per heavy atom. The number of nitrogens with zero attached hydrogens (tertiary/aromatic N) is 2. The first-order valence-electron chi connectivity index (χ1n) is 12.5. The maximum atomic E-state index is 13.8. The van der Waals surface area contributed by atoms with E-state index in [-0.39, 0.29) is 0 Å². The van der Waals surface area contributed by atoms with Gasteiger partial charge in [0.05, 0.1) is 49.4 Å². The molecule has 188 valence electrons. The Hall–Kier alpha value is -3.22. The smallest absolute Gasteiger partial charge is 0.0910 e. The zero-order valence-electron chi connectivity index (χ0n) is 21.6. The van der Waals surface area contributed by atoms with Crippen molar-refractivity contribution in [3.05, 3.63) is 106 Å². The molecule has 2 unspecified atom stereocenters. The Kier molecular flexibility index (Phi) is 6.04. The van der Waals surface area contributed by atoms with Gasteiger partial charge in [-0.1, -0.05) is 47.5 Å². The predicted octanol–water partition coefficient (Wildman–Crippen LogP) is 6.55. The standard InChI is InChI=1S/C31H30N2O2S2/c1-20-5-9-26(10-6-20)36(34)28-15-22(3)13-24-17-33-19-32(30(24)28)18-25-14-23(4)16-29(31(25)33)37(35)27-11-7-21(2)8-12-27/h5-16H,17-19H2,1-4H3. The van der Waals surface area contributed by atoms with Crippen molar-refractivity contribution in [2.75, 3.05) is 16.5 Å². The van der Waals surface area contributed by atoms with Crippen molar-refractivity contribution in [3.63, 3.8) is 0 Å². The lowest BCUT2D eigenvalue weighted by Crippen LogP contribution is -2.47. The second-order valence-corrected chi connectivity index (χ2v) is 13.1. The monoisotopic (exact) mass is 526 g/mol. The van der Waals surface area contributed by atoms with Crippen LogP contribution in [-0.2, 0) is 34.7 Å². The number of hydrogen-bond acceptors (Lipinski definition) is 4. The van der Waals surface area contributed by atoms with E-state index >= 15 is 0 Å². The molecule has 0 aromatic heterocycles. The van der Waals surface area contributed by atoms with E-state index in [9.17, 15) is 8.42 Å². The van der Waals surface area contributed by atoms with Gasteiger partial charge in [-0.05, 0) is 86.3 Å². The van der Waals surface area contributed by atoms with Crippen LogP contribution in [0.5, 0.6) is 0 Å². The molecule has 0 N–H and O–H groups in total. The molecule has 0 spiro atoms. The van der Waals surface area contributed by atoms with Crippen LogP contribution in [0.15, 0.2) is 92.4 Å². The molecular weight excluding hydrogens is 496 g/mol. The molecule has 0 saturated heterocycles. The number of fused-ring (bicyclic) bond motifs is 6. The topological polar surface area (TPSA) is 40.6 Å². The van der Waals surface area contributed by atoms with Gasteiger partial charge in [0.2, 0.25) is 0 Å². The van der Waals surface area contributed by atoms with E-state index < -0.39 is 21.6 Å². The molecular formula is C31H30N2O2S2. The van der Waals surface area contributed by atoms with Crippen molar-refractivity contribution < 1.29 is 8.42 Å². The second-order valence-electron chi connectivity index (χ2n) is 10.2. The molecule has 0 aliphatic carbocycles. The normalized spacial score (nSPS) is 15.7. The van der Waals surface area contributed by atoms with E-state index in [2.05, 4.69) is 47.9 Å². The van der Waals surface area contributed by atoms with Gasteiger partial charge in [0, 0.05) is 22.9 Å². The van der Waals surface area contributed by atoms with Crippen molar-refractivity contribution in [3.8, 4) is 0 Å². The van der Waals surface area contributed by atoms with E-state index in [1.165, 1.54) is 11.1 Å². The summed E-state index contributed by atoms with van der Waals surface area (Å²) in [6.45, 7) is 10.3. The molecule has 4 aromatic carbocycles. The molecule has 2 bridgehead atoms. The van der Waals surface area contributed by atoms with Crippen molar-refractivity contribution in [2.45, 2.75) is 60.4 Å². The fourth-order valence-electron chi connectivity index (χ4n) is 5.47. The summed E-state index contributed by atoms with van der Waals surface area (Å²) in [6.07, 6.45) is 0. The quantitative estimate of drug-likeness (QED) is 0.302. The molecule has 2 aliphatic rings. The second kappa shape index (κ2) is 9.26. The highest BCUT2D eigenvalue weighted by Gasteiger charge is 2.35. The molecule has 2 aliphatic heterocycles. The van der Waals surface area contributed by atoms with Gasteiger partial charge < -0.3 is 9.80 Å². The van der Waals surface area contributed by atoms with Crippen LogP contribution in [0.3, 0.4) is 0 Å². The molecule has 6 rings (SSSR count). The van der Waals surface area contributed by atoms with Crippen LogP contribution < -0.4 is 9.80 Å².